The molecule has 0 saturated heterocycles. The van der Waals surface area contributed by atoms with E-state index in [1.807, 2.05) is 42.5 Å². The molecule has 0 aliphatic rings. The standard InChI is InChI=1S/C19H20N2O3/c1-22-16-7-5-4-6-12(16)8-14-9-13-10-17(23-2)18(24-3)11-15(13)21-19(14)20/h4-7,9-11H,8H2,1-3H3,(H2,20,21). The van der Waals surface area contributed by atoms with Crippen LogP contribution in [-0.2, 0) is 6.42 Å². The van der Waals surface area contributed by atoms with Gasteiger partial charge in [-0.15, -0.1) is 0 Å². The van der Waals surface area contributed by atoms with E-state index in [2.05, 4.69) is 4.98 Å². The van der Waals surface area contributed by atoms with E-state index in [9.17, 15) is 0 Å². The number of anilines is 1. The van der Waals surface area contributed by atoms with Gasteiger partial charge < -0.3 is 19.9 Å². The Hall–Kier alpha value is -2.95. The van der Waals surface area contributed by atoms with Crippen molar-refractivity contribution in [3.63, 3.8) is 0 Å². The average Bonchev–Trinajstić information content (AvgIpc) is 2.61. The summed E-state index contributed by atoms with van der Waals surface area (Å²) in [4.78, 5) is 4.51. The summed E-state index contributed by atoms with van der Waals surface area (Å²) in [6.45, 7) is 0. The zero-order valence-electron chi connectivity index (χ0n) is 14.0. The maximum Gasteiger partial charge on any atom is 0.162 e. The van der Waals surface area contributed by atoms with Crippen molar-refractivity contribution in [2.45, 2.75) is 6.42 Å². The number of pyridine rings is 1. The highest BCUT2D eigenvalue weighted by Gasteiger charge is 2.12. The first-order valence-corrected chi connectivity index (χ1v) is 7.59. The molecule has 1 aromatic heterocycles. The van der Waals surface area contributed by atoms with E-state index >= 15 is 0 Å². The SMILES string of the molecule is COc1ccccc1Cc1cc2cc(OC)c(OC)cc2nc1N. The van der Waals surface area contributed by atoms with E-state index < -0.39 is 0 Å². The van der Waals surface area contributed by atoms with Crippen LogP contribution in [0.5, 0.6) is 17.2 Å². The van der Waals surface area contributed by atoms with E-state index in [-0.39, 0.29) is 0 Å². The molecule has 124 valence electrons. The fourth-order valence-corrected chi connectivity index (χ4v) is 2.76. The molecule has 0 radical (unpaired) electrons. The van der Waals surface area contributed by atoms with Gasteiger partial charge in [0.05, 0.1) is 26.8 Å². The van der Waals surface area contributed by atoms with Crippen LogP contribution in [-0.4, -0.2) is 26.3 Å². The molecule has 24 heavy (non-hydrogen) atoms. The molecule has 2 aromatic carbocycles. The van der Waals surface area contributed by atoms with Crippen LogP contribution in [0.2, 0.25) is 0 Å². The van der Waals surface area contributed by atoms with Crippen molar-refractivity contribution in [3.05, 3.63) is 53.6 Å². The van der Waals surface area contributed by atoms with Crippen molar-refractivity contribution in [1.82, 2.24) is 4.98 Å². The molecular weight excluding hydrogens is 304 g/mol. The quantitative estimate of drug-likeness (QED) is 0.779. The van der Waals surface area contributed by atoms with Gasteiger partial charge in [0.15, 0.2) is 11.5 Å². The number of rotatable bonds is 5. The highest BCUT2D eigenvalue weighted by Crippen LogP contribution is 2.33. The lowest BCUT2D eigenvalue weighted by molar-refractivity contribution is 0.356. The van der Waals surface area contributed by atoms with Gasteiger partial charge in [-0.1, -0.05) is 18.2 Å². The molecule has 0 atom stereocenters. The Labute approximate surface area is 141 Å². The van der Waals surface area contributed by atoms with Crippen molar-refractivity contribution in [2.75, 3.05) is 27.1 Å². The van der Waals surface area contributed by atoms with E-state index in [0.717, 1.165) is 27.8 Å². The number of benzene rings is 2. The van der Waals surface area contributed by atoms with Gasteiger partial charge in [0.1, 0.15) is 11.6 Å². The summed E-state index contributed by atoms with van der Waals surface area (Å²) in [5.41, 5.74) is 8.94. The Bertz CT molecular complexity index is 878. The monoisotopic (exact) mass is 324 g/mol. The molecule has 3 rings (SSSR count). The predicted molar refractivity (Wildman–Crippen MR) is 95.1 cm³/mol. The Morgan fingerprint density at radius 1 is 0.833 bits per heavy atom. The van der Waals surface area contributed by atoms with Gasteiger partial charge in [-0.2, -0.15) is 0 Å². The topological polar surface area (TPSA) is 66.6 Å². The van der Waals surface area contributed by atoms with Gasteiger partial charge in [-0.3, -0.25) is 0 Å². The number of nitrogens with two attached hydrogens (primary N) is 1. The Morgan fingerprint density at radius 3 is 2.21 bits per heavy atom. The molecule has 5 nitrogen and oxygen atoms in total. The summed E-state index contributed by atoms with van der Waals surface area (Å²) in [5.74, 6) is 2.64. The van der Waals surface area contributed by atoms with E-state index in [4.69, 9.17) is 19.9 Å². The lowest BCUT2D eigenvalue weighted by atomic mass is 10.0. The minimum Gasteiger partial charge on any atom is -0.496 e. The average molecular weight is 324 g/mol. The normalized spacial score (nSPS) is 10.6. The van der Waals surface area contributed by atoms with E-state index in [0.29, 0.717) is 23.7 Å². The molecule has 0 aliphatic heterocycles. The number of aromatic nitrogens is 1. The molecule has 5 heteroatoms. The molecule has 0 unspecified atom stereocenters. The van der Waals surface area contributed by atoms with Crippen molar-refractivity contribution in [1.29, 1.82) is 0 Å². The third-order valence-electron chi connectivity index (χ3n) is 4.01. The van der Waals surface area contributed by atoms with Crippen LogP contribution in [0.15, 0.2) is 42.5 Å². The number of para-hydroxylation sites is 1. The van der Waals surface area contributed by atoms with Crippen LogP contribution in [0.25, 0.3) is 10.9 Å². The van der Waals surface area contributed by atoms with E-state index in [1.165, 1.54) is 0 Å². The fraction of sp³-hybridized carbons (Fsp3) is 0.211. The molecule has 2 N–H and O–H groups in total. The Balaban J connectivity index is 2.07. The van der Waals surface area contributed by atoms with Crippen LogP contribution in [0.3, 0.4) is 0 Å². The smallest absolute Gasteiger partial charge is 0.162 e. The van der Waals surface area contributed by atoms with Crippen LogP contribution >= 0.6 is 0 Å². The fourth-order valence-electron chi connectivity index (χ4n) is 2.76. The van der Waals surface area contributed by atoms with Gasteiger partial charge in [0, 0.05) is 17.9 Å². The lowest BCUT2D eigenvalue weighted by Crippen LogP contribution is -2.01. The molecule has 0 spiro atoms. The van der Waals surface area contributed by atoms with Crippen molar-refractivity contribution >= 4 is 16.7 Å². The zero-order valence-corrected chi connectivity index (χ0v) is 14.0. The first-order valence-electron chi connectivity index (χ1n) is 7.59. The third-order valence-corrected chi connectivity index (χ3v) is 4.01. The minimum absolute atomic E-state index is 0.501. The second-order valence-corrected chi connectivity index (χ2v) is 5.42. The van der Waals surface area contributed by atoms with Crippen LogP contribution < -0.4 is 19.9 Å². The van der Waals surface area contributed by atoms with Gasteiger partial charge in [-0.25, -0.2) is 4.98 Å². The molecule has 0 amide bonds. The van der Waals surface area contributed by atoms with Crippen molar-refractivity contribution in [3.8, 4) is 17.2 Å². The summed E-state index contributed by atoms with van der Waals surface area (Å²) < 4.78 is 16.1. The van der Waals surface area contributed by atoms with Crippen LogP contribution in [0, 0.1) is 0 Å². The number of hydrogen-bond donors (Lipinski definition) is 1. The summed E-state index contributed by atoms with van der Waals surface area (Å²) in [6, 6.07) is 13.7. The maximum absolute atomic E-state index is 6.16. The number of nitrogen functional groups attached to an aromatic ring is 1. The number of methoxy groups -OCH3 is 3. The first kappa shape index (κ1) is 15.9. The van der Waals surface area contributed by atoms with Gasteiger partial charge in [0.2, 0.25) is 0 Å². The zero-order chi connectivity index (χ0) is 17.1. The lowest BCUT2D eigenvalue weighted by Gasteiger charge is -2.13. The summed E-state index contributed by atoms with van der Waals surface area (Å²) in [5, 5.41) is 0.951. The highest BCUT2D eigenvalue weighted by atomic mass is 16.5. The second-order valence-electron chi connectivity index (χ2n) is 5.42. The third kappa shape index (κ3) is 2.93. The molecule has 0 saturated carbocycles. The Morgan fingerprint density at radius 2 is 1.50 bits per heavy atom. The second kappa shape index (κ2) is 6.66. The van der Waals surface area contributed by atoms with Gasteiger partial charge in [-0.05, 0) is 29.3 Å². The molecule has 0 aliphatic carbocycles. The van der Waals surface area contributed by atoms with E-state index in [1.54, 1.807) is 21.3 Å². The summed E-state index contributed by atoms with van der Waals surface area (Å²) in [7, 11) is 4.88. The number of nitrogens with zero attached hydrogens (tertiary/aromatic N) is 1. The molecule has 1 heterocycles. The number of fused-ring (bicyclic) bond motifs is 1. The van der Waals surface area contributed by atoms with Gasteiger partial charge >= 0.3 is 0 Å². The predicted octanol–water partition coefficient (Wildman–Crippen LogP) is 3.43. The van der Waals surface area contributed by atoms with Crippen molar-refractivity contribution < 1.29 is 14.2 Å². The number of hydrogen-bond acceptors (Lipinski definition) is 5. The molecular formula is C19H20N2O3. The summed E-state index contributed by atoms with van der Waals surface area (Å²) in [6.07, 6.45) is 0.646. The van der Waals surface area contributed by atoms with Crippen LogP contribution in [0.1, 0.15) is 11.1 Å². The number of ether oxygens (including phenoxy) is 3. The maximum atomic E-state index is 6.16. The highest BCUT2D eigenvalue weighted by molar-refractivity contribution is 5.85. The molecule has 0 bridgehead atoms. The largest absolute Gasteiger partial charge is 0.496 e. The summed E-state index contributed by atoms with van der Waals surface area (Å²) >= 11 is 0. The van der Waals surface area contributed by atoms with Crippen molar-refractivity contribution in [2.24, 2.45) is 0 Å². The van der Waals surface area contributed by atoms with Gasteiger partial charge in [0.25, 0.3) is 0 Å². The molecule has 3 aromatic rings. The minimum atomic E-state index is 0.501. The first-order chi connectivity index (χ1) is 11.7. The Kier molecular flexibility index (Phi) is 4.42. The van der Waals surface area contributed by atoms with Crippen LogP contribution in [0.4, 0.5) is 5.82 Å². The molecule has 0 fully saturated rings.